The standard InChI is InChI=1S/C21H20ClFN4O2/c22-17-11-14(23)6-9-18(17)25-20(28)13-4-7-15(8-5-13)24-21(29)19-12-16-3-1-2-10-27(16)26-19/h1-3,6,9-13,15H,4-5,7-8H2,(H,24,29)(H,25,28). The average molecular weight is 415 g/mol. The summed E-state index contributed by atoms with van der Waals surface area (Å²) in [5.74, 6) is -0.961. The molecule has 2 amide bonds. The van der Waals surface area contributed by atoms with Crippen molar-refractivity contribution in [3.8, 4) is 0 Å². The van der Waals surface area contributed by atoms with Gasteiger partial charge in [0, 0.05) is 18.2 Å². The van der Waals surface area contributed by atoms with E-state index in [0.29, 0.717) is 37.1 Å². The summed E-state index contributed by atoms with van der Waals surface area (Å²) in [6, 6.07) is 11.3. The lowest BCUT2D eigenvalue weighted by Gasteiger charge is -2.28. The molecule has 0 bridgehead atoms. The van der Waals surface area contributed by atoms with Gasteiger partial charge in [-0.1, -0.05) is 17.7 Å². The molecular formula is C21H20ClFN4O2. The van der Waals surface area contributed by atoms with Gasteiger partial charge in [0.15, 0.2) is 5.69 Å². The van der Waals surface area contributed by atoms with Gasteiger partial charge in [-0.15, -0.1) is 0 Å². The number of hydrogen-bond acceptors (Lipinski definition) is 3. The molecule has 4 rings (SSSR count). The number of nitrogens with one attached hydrogen (secondary N) is 2. The fraction of sp³-hybridized carbons (Fsp3) is 0.286. The molecule has 1 fully saturated rings. The molecule has 0 aliphatic heterocycles. The van der Waals surface area contributed by atoms with Crippen molar-refractivity contribution in [2.24, 2.45) is 5.92 Å². The third-order valence-electron chi connectivity index (χ3n) is 5.22. The first kappa shape index (κ1) is 19.4. The summed E-state index contributed by atoms with van der Waals surface area (Å²) in [5, 5.41) is 10.2. The monoisotopic (exact) mass is 414 g/mol. The lowest BCUT2D eigenvalue weighted by molar-refractivity contribution is -0.120. The van der Waals surface area contributed by atoms with Crippen LogP contribution < -0.4 is 10.6 Å². The van der Waals surface area contributed by atoms with Crippen molar-refractivity contribution in [3.63, 3.8) is 0 Å². The predicted molar refractivity (Wildman–Crippen MR) is 108 cm³/mol. The number of rotatable bonds is 4. The van der Waals surface area contributed by atoms with Gasteiger partial charge in [-0.3, -0.25) is 9.59 Å². The number of aromatic nitrogens is 2. The number of fused-ring (bicyclic) bond motifs is 1. The Bertz CT molecular complexity index is 1030. The van der Waals surface area contributed by atoms with E-state index in [2.05, 4.69) is 15.7 Å². The molecule has 3 aromatic rings. The summed E-state index contributed by atoms with van der Waals surface area (Å²) >= 11 is 5.97. The minimum absolute atomic E-state index is 0.00534. The molecule has 6 nitrogen and oxygen atoms in total. The highest BCUT2D eigenvalue weighted by Gasteiger charge is 2.28. The van der Waals surface area contributed by atoms with Gasteiger partial charge in [0.25, 0.3) is 5.91 Å². The fourth-order valence-electron chi connectivity index (χ4n) is 3.63. The van der Waals surface area contributed by atoms with E-state index in [1.807, 2.05) is 18.2 Å². The van der Waals surface area contributed by atoms with Crippen molar-refractivity contribution in [3.05, 3.63) is 65.2 Å². The number of nitrogens with zero attached hydrogens (tertiary/aromatic N) is 2. The molecule has 29 heavy (non-hydrogen) atoms. The van der Waals surface area contributed by atoms with Crippen LogP contribution in [0.2, 0.25) is 5.02 Å². The number of halogens is 2. The Morgan fingerprint density at radius 1 is 1.10 bits per heavy atom. The SMILES string of the molecule is O=C(NC1CCC(C(=O)Nc2ccc(F)cc2Cl)CC1)c1cc2ccccn2n1. The second-order valence-corrected chi connectivity index (χ2v) is 7.64. The Labute approximate surface area is 172 Å². The minimum atomic E-state index is -0.449. The van der Waals surface area contributed by atoms with Gasteiger partial charge >= 0.3 is 0 Å². The van der Waals surface area contributed by atoms with Crippen LogP contribution in [0.3, 0.4) is 0 Å². The average Bonchev–Trinajstić information content (AvgIpc) is 3.15. The molecular weight excluding hydrogens is 395 g/mol. The molecule has 1 saturated carbocycles. The Morgan fingerprint density at radius 3 is 2.62 bits per heavy atom. The fourth-order valence-corrected chi connectivity index (χ4v) is 3.85. The van der Waals surface area contributed by atoms with Gasteiger partial charge in [0.2, 0.25) is 5.91 Å². The van der Waals surface area contributed by atoms with Gasteiger partial charge in [0.1, 0.15) is 5.82 Å². The lowest BCUT2D eigenvalue weighted by atomic mass is 9.85. The molecule has 1 aromatic carbocycles. The number of amides is 2. The minimum Gasteiger partial charge on any atom is -0.348 e. The summed E-state index contributed by atoms with van der Waals surface area (Å²) in [5.41, 5.74) is 1.64. The number of carbonyl (C=O) groups is 2. The normalized spacial score (nSPS) is 19.1. The molecule has 0 spiro atoms. The maximum Gasteiger partial charge on any atom is 0.272 e. The van der Waals surface area contributed by atoms with Crippen molar-refractivity contribution >= 4 is 34.6 Å². The van der Waals surface area contributed by atoms with Crippen LogP contribution in [0.4, 0.5) is 10.1 Å². The first-order chi connectivity index (χ1) is 14.0. The summed E-state index contributed by atoms with van der Waals surface area (Å²) in [4.78, 5) is 25.0. The Morgan fingerprint density at radius 2 is 1.90 bits per heavy atom. The summed E-state index contributed by atoms with van der Waals surface area (Å²) in [6.07, 6.45) is 4.51. The molecule has 150 valence electrons. The Hall–Kier alpha value is -2.93. The van der Waals surface area contributed by atoms with E-state index < -0.39 is 5.82 Å². The van der Waals surface area contributed by atoms with Crippen molar-refractivity contribution in [2.75, 3.05) is 5.32 Å². The molecule has 0 unspecified atom stereocenters. The molecule has 1 aliphatic carbocycles. The van der Waals surface area contributed by atoms with Crippen molar-refractivity contribution in [1.29, 1.82) is 0 Å². The van der Waals surface area contributed by atoms with E-state index in [-0.39, 0.29) is 28.8 Å². The van der Waals surface area contributed by atoms with Crippen LogP contribution in [0.25, 0.3) is 5.52 Å². The van der Waals surface area contributed by atoms with E-state index in [4.69, 9.17) is 11.6 Å². The number of pyridine rings is 1. The first-order valence-corrected chi connectivity index (χ1v) is 9.88. The topological polar surface area (TPSA) is 75.5 Å². The van der Waals surface area contributed by atoms with E-state index >= 15 is 0 Å². The van der Waals surface area contributed by atoms with Gasteiger partial charge in [-0.05, 0) is 62.1 Å². The number of hydrogen-bond donors (Lipinski definition) is 2. The zero-order chi connectivity index (χ0) is 20.4. The molecule has 8 heteroatoms. The highest BCUT2D eigenvalue weighted by molar-refractivity contribution is 6.33. The zero-order valence-electron chi connectivity index (χ0n) is 15.6. The highest BCUT2D eigenvalue weighted by atomic mass is 35.5. The molecule has 2 heterocycles. The van der Waals surface area contributed by atoms with Gasteiger partial charge in [0.05, 0.1) is 16.2 Å². The Kier molecular flexibility index (Phi) is 5.49. The third-order valence-corrected chi connectivity index (χ3v) is 5.54. The predicted octanol–water partition coefficient (Wildman–Crippen LogP) is 4.05. The van der Waals surface area contributed by atoms with Crippen molar-refractivity contribution in [1.82, 2.24) is 14.9 Å². The number of carbonyl (C=O) groups excluding carboxylic acids is 2. The molecule has 2 N–H and O–H groups in total. The van der Waals surface area contributed by atoms with E-state index in [1.54, 1.807) is 16.8 Å². The van der Waals surface area contributed by atoms with Crippen LogP contribution in [0.5, 0.6) is 0 Å². The highest BCUT2D eigenvalue weighted by Crippen LogP contribution is 2.28. The smallest absolute Gasteiger partial charge is 0.272 e. The van der Waals surface area contributed by atoms with Crippen LogP contribution in [0.15, 0.2) is 48.7 Å². The maximum atomic E-state index is 13.1. The second kappa shape index (κ2) is 8.21. The molecule has 2 aromatic heterocycles. The first-order valence-electron chi connectivity index (χ1n) is 9.51. The molecule has 0 saturated heterocycles. The van der Waals surface area contributed by atoms with E-state index in [9.17, 15) is 14.0 Å². The van der Waals surface area contributed by atoms with Crippen molar-refractivity contribution < 1.29 is 14.0 Å². The quantitative estimate of drug-likeness (QED) is 0.676. The summed E-state index contributed by atoms with van der Waals surface area (Å²) in [6.45, 7) is 0. The largest absolute Gasteiger partial charge is 0.348 e. The summed E-state index contributed by atoms with van der Waals surface area (Å²) in [7, 11) is 0. The van der Waals surface area contributed by atoms with Crippen LogP contribution in [0.1, 0.15) is 36.2 Å². The van der Waals surface area contributed by atoms with E-state index in [1.165, 1.54) is 18.2 Å². The number of benzene rings is 1. The van der Waals surface area contributed by atoms with Gasteiger partial charge in [-0.2, -0.15) is 5.10 Å². The molecule has 1 aliphatic rings. The molecule has 0 atom stereocenters. The Balaban J connectivity index is 1.30. The van der Waals surface area contributed by atoms with Crippen LogP contribution in [0, 0.1) is 11.7 Å². The van der Waals surface area contributed by atoms with E-state index in [0.717, 1.165) is 5.52 Å². The van der Waals surface area contributed by atoms with Crippen LogP contribution >= 0.6 is 11.6 Å². The van der Waals surface area contributed by atoms with Crippen LogP contribution in [-0.4, -0.2) is 27.5 Å². The summed E-state index contributed by atoms with van der Waals surface area (Å²) < 4.78 is 14.8. The second-order valence-electron chi connectivity index (χ2n) is 7.24. The number of anilines is 1. The third kappa shape index (κ3) is 4.40. The maximum absolute atomic E-state index is 13.1. The molecule has 0 radical (unpaired) electrons. The lowest BCUT2D eigenvalue weighted by Crippen LogP contribution is -2.39. The van der Waals surface area contributed by atoms with Gasteiger partial charge < -0.3 is 10.6 Å². The van der Waals surface area contributed by atoms with Gasteiger partial charge in [-0.25, -0.2) is 8.91 Å². The van der Waals surface area contributed by atoms with Crippen LogP contribution in [-0.2, 0) is 4.79 Å². The van der Waals surface area contributed by atoms with Crippen molar-refractivity contribution in [2.45, 2.75) is 31.7 Å². The zero-order valence-corrected chi connectivity index (χ0v) is 16.3.